The lowest BCUT2D eigenvalue weighted by atomic mass is 9.74. The summed E-state index contributed by atoms with van der Waals surface area (Å²) in [6.45, 7) is 3.71. The Morgan fingerprint density at radius 2 is 1.82 bits per heavy atom. The van der Waals surface area contributed by atoms with Crippen LogP contribution >= 0.6 is 0 Å². The van der Waals surface area contributed by atoms with Gasteiger partial charge in [0.25, 0.3) is 5.91 Å². The Bertz CT molecular complexity index is 1050. The van der Waals surface area contributed by atoms with Crippen LogP contribution in [0.25, 0.3) is 11.0 Å². The molecule has 0 saturated carbocycles. The summed E-state index contributed by atoms with van der Waals surface area (Å²) in [7, 11) is 0. The van der Waals surface area contributed by atoms with Crippen LogP contribution in [-0.4, -0.2) is 25.7 Å². The van der Waals surface area contributed by atoms with Crippen molar-refractivity contribution in [2.75, 3.05) is 19.8 Å². The van der Waals surface area contributed by atoms with Crippen LogP contribution < -0.4 is 10.7 Å². The molecule has 144 valence electrons. The number of carbonyl (C=O) groups excluding carboxylic acids is 1. The Morgan fingerprint density at radius 3 is 2.57 bits per heavy atom. The van der Waals surface area contributed by atoms with Gasteiger partial charge in [-0.1, -0.05) is 36.4 Å². The predicted octanol–water partition coefficient (Wildman–Crippen LogP) is 3.58. The fourth-order valence-corrected chi connectivity index (χ4v) is 3.83. The van der Waals surface area contributed by atoms with Gasteiger partial charge in [0.05, 0.1) is 5.39 Å². The van der Waals surface area contributed by atoms with Gasteiger partial charge in [0.15, 0.2) is 11.2 Å². The number of carbonyl (C=O) groups is 1. The summed E-state index contributed by atoms with van der Waals surface area (Å²) in [6, 6.07) is 16.8. The lowest BCUT2D eigenvalue weighted by Gasteiger charge is -2.37. The molecule has 1 aliphatic rings. The summed E-state index contributed by atoms with van der Waals surface area (Å²) in [5, 5.41) is 3.47. The molecular weight excluding hydrogens is 354 g/mol. The van der Waals surface area contributed by atoms with E-state index in [4.69, 9.17) is 9.15 Å². The molecule has 1 fully saturated rings. The first-order valence-corrected chi connectivity index (χ1v) is 9.53. The van der Waals surface area contributed by atoms with Gasteiger partial charge in [0, 0.05) is 31.2 Å². The minimum Gasteiger partial charge on any atom is -0.451 e. The van der Waals surface area contributed by atoms with E-state index < -0.39 is 0 Å². The number of hydrogen-bond acceptors (Lipinski definition) is 4. The summed E-state index contributed by atoms with van der Waals surface area (Å²) in [5.41, 5.74) is 2.20. The summed E-state index contributed by atoms with van der Waals surface area (Å²) >= 11 is 0. The van der Waals surface area contributed by atoms with E-state index in [1.54, 1.807) is 12.1 Å². The van der Waals surface area contributed by atoms with Gasteiger partial charge in [-0.25, -0.2) is 0 Å². The largest absolute Gasteiger partial charge is 0.451 e. The van der Waals surface area contributed by atoms with Crippen LogP contribution in [0.15, 0.2) is 63.8 Å². The van der Waals surface area contributed by atoms with Gasteiger partial charge in [0.2, 0.25) is 0 Å². The Kier molecular flexibility index (Phi) is 5.01. The molecule has 0 aliphatic carbocycles. The molecular formula is C23H23NO4. The average Bonchev–Trinajstić information content (AvgIpc) is 2.73. The number of nitrogens with one attached hydrogen (secondary N) is 1. The molecule has 3 aromatic rings. The Morgan fingerprint density at radius 1 is 1.07 bits per heavy atom. The van der Waals surface area contributed by atoms with Crippen LogP contribution in [0.5, 0.6) is 0 Å². The molecule has 1 amide bonds. The molecule has 5 heteroatoms. The molecule has 0 bridgehead atoms. The summed E-state index contributed by atoms with van der Waals surface area (Å²) in [6.07, 6.45) is 1.66. The first-order chi connectivity index (χ1) is 13.6. The van der Waals surface area contributed by atoms with Crippen molar-refractivity contribution >= 4 is 16.9 Å². The van der Waals surface area contributed by atoms with Crippen molar-refractivity contribution < 1.29 is 13.9 Å². The Labute approximate surface area is 163 Å². The minimum absolute atomic E-state index is 0.0402. The second-order valence-corrected chi connectivity index (χ2v) is 7.42. The minimum atomic E-state index is -0.373. The van der Waals surface area contributed by atoms with Crippen molar-refractivity contribution in [2.45, 2.75) is 25.2 Å². The molecule has 1 N–H and O–H groups in total. The van der Waals surface area contributed by atoms with Crippen molar-refractivity contribution in [2.24, 2.45) is 0 Å². The van der Waals surface area contributed by atoms with E-state index in [0.29, 0.717) is 30.7 Å². The van der Waals surface area contributed by atoms with Crippen molar-refractivity contribution in [3.05, 3.63) is 81.7 Å². The summed E-state index contributed by atoms with van der Waals surface area (Å²) < 4.78 is 11.3. The first kappa shape index (κ1) is 18.4. The van der Waals surface area contributed by atoms with Gasteiger partial charge >= 0.3 is 0 Å². The molecule has 2 heterocycles. The van der Waals surface area contributed by atoms with Crippen LogP contribution in [-0.2, 0) is 10.2 Å². The zero-order chi connectivity index (χ0) is 19.6. The third kappa shape index (κ3) is 3.58. The van der Waals surface area contributed by atoms with E-state index in [-0.39, 0.29) is 22.5 Å². The normalized spacial score (nSPS) is 16.0. The third-order valence-electron chi connectivity index (χ3n) is 5.53. The number of hydrogen-bond donors (Lipinski definition) is 1. The lowest BCUT2D eigenvalue weighted by molar-refractivity contribution is 0.0484. The fourth-order valence-electron chi connectivity index (χ4n) is 3.83. The van der Waals surface area contributed by atoms with E-state index in [9.17, 15) is 9.59 Å². The topological polar surface area (TPSA) is 68.5 Å². The molecule has 28 heavy (non-hydrogen) atoms. The zero-order valence-corrected chi connectivity index (χ0v) is 15.9. The highest BCUT2D eigenvalue weighted by atomic mass is 16.5. The third-order valence-corrected chi connectivity index (χ3v) is 5.53. The molecule has 0 unspecified atom stereocenters. The molecule has 1 aromatic heterocycles. The van der Waals surface area contributed by atoms with E-state index in [2.05, 4.69) is 17.4 Å². The number of benzene rings is 2. The van der Waals surface area contributed by atoms with Gasteiger partial charge in [-0.2, -0.15) is 0 Å². The zero-order valence-electron chi connectivity index (χ0n) is 15.9. The summed E-state index contributed by atoms with van der Waals surface area (Å²) in [4.78, 5) is 25.1. The number of amides is 1. The van der Waals surface area contributed by atoms with Gasteiger partial charge in [-0.15, -0.1) is 0 Å². The number of rotatable bonds is 4. The van der Waals surface area contributed by atoms with E-state index >= 15 is 0 Å². The van der Waals surface area contributed by atoms with Crippen LogP contribution in [0.2, 0.25) is 0 Å². The van der Waals surface area contributed by atoms with Gasteiger partial charge < -0.3 is 14.5 Å². The van der Waals surface area contributed by atoms with E-state index in [0.717, 1.165) is 18.4 Å². The maximum atomic E-state index is 12.8. The van der Waals surface area contributed by atoms with E-state index in [1.807, 2.05) is 31.2 Å². The fraction of sp³-hybridized carbons (Fsp3) is 0.304. The molecule has 4 rings (SSSR count). The summed E-state index contributed by atoms with van der Waals surface area (Å²) in [5.74, 6) is -0.333. The lowest BCUT2D eigenvalue weighted by Crippen LogP contribution is -2.44. The molecule has 0 spiro atoms. The van der Waals surface area contributed by atoms with Gasteiger partial charge in [0.1, 0.15) is 5.58 Å². The Hall–Kier alpha value is -2.92. The highest BCUT2D eigenvalue weighted by Gasteiger charge is 2.35. The molecule has 1 saturated heterocycles. The van der Waals surface area contributed by atoms with Crippen molar-refractivity contribution in [1.82, 2.24) is 5.32 Å². The second kappa shape index (κ2) is 7.60. The SMILES string of the molecule is Cc1ccc2c(=O)cc(C(=O)NCC3(c4ccccc4)CCOCC3)oc2c1. The van der Waals surface area contributed by atoms with Crippen molar-refractivity contribution in [1.29, 1.82) is 0 Å². The molecule has 1 aliphatic heterocycles. The van der Waals surface area contributed by atoms with Crippen molar-refractivity contribution in [3.8, 4) is 0 Å². The van der Waals surface area contributed by atoms with Crippen LogP contribution in [0.3, 0.4) is 0 Å². The van der Waals surface area contributed by atoms with Gasteiger partial charge in [-0.05, 0) is 43.0 Å². The standard InChI is InChI=1S/C23H23NO4/c1-16-7-8-18-19(25)14-21(28-20(18)13-16)22(26)24-15-23(9-11-27-12-10-23)17-5-3-2-4-6-17/h2-8,13-14H,9-12,15H2,1H3,(H,24,26). The second-order valence-electron chi connectivity index (χ2n) is 7.42. The molecule has 0 radical (unpaired) electrons. The molecule has 2 aromatic carbocycles. The monoisotopic (exact) mass is 377 g/mol. The molecule has 0 atom stereocenters. The first-order valence-electron chi connectivity index (χ1n) is 9.53. The maximum absolute atomic E-state index is 12.8. The quantitative estimate of drug-likeness (QED) is 0.755. The Balaban J connectivity index is 1.59. The van der Waals surface area contributed by atoms with Crippen LogP contribution in [0.4, 0.5) is 0 Å². The van der Waals surface area contributed by atoms with Crippen LogP contribution in [0, 0.1) is 6.92 Å². The average molecular weight is 377 g/mol. The van der Waals surface area contributed by atoms with Crippen molar-refractivity contribution in [3.63, 3.8) is 0 Å². The van der Waals surface area contributed by atoms with E-state index in [1.165, 1.54) is 11.6 Å². The highest BCUT2D eigenvalue weighted by molar-refractivity contribution is 5.93. The van der Waals surface area contributed by atoms with Crippen LogP contribution in [0.1, 0.15) is 34.5 Å². The smallest absolute Gasteiger partial charge is 0.287 e. The number of aryl methyl sites for hydroxylation is 1. The predicted molar refractivity (Wildman–Crippen MR) is 108 cm³/mol. The highest BCUT2D eigenvalue weighted by Crippen LogP contribution is 2.34. The number of ether oxygens (including phenoxy) is 1. The maximum Gasteiger partial charge on any atom is 0.287 e. The van der Waals surface area contributed by atoms with Gasteiger partial charge in [-0.3, -0.25) is 9.59 Å². The molecule has 5 nitrogen and oxygen atoms in total. The number of fused-ring (bicyclic) bond motifs is 1.